The highest BCUT2D eigenvalue weighted by atomic mass is 19.2. The average molecular weight is 337 g/mol. The minimum absolute atomic E-state index is 0.0773. The number of amides is 1. The van der Waals surface area contributed by atoms with Crippen molar-refractivity contribution >= 4 is 11.6 Å². The first-order chi connectivity index (χ1) is 11.4. The summed E-state index contributed by atoms with van der Waals surface area (Å²) in [7, 11) is 1.83. The number of nitrogens with one attached hydrogen (secondary N) is 2. The Balaban J connectivity index is 1.92. The maximum Gasteiger partial charge on any atom is 0.279 e. The Morgan fingerprint density at radius 2 is 1.62 bits per heavy atom. The molecule has 2 aromatic rings. The van der Waals surface area contributed by atoms with Gasteiger partial charge in [0.05, 0.1) is 12.7 Å². The second-order valence-electron chi connectivity index (χ2n) is 5.75. The Morgan fingerprint density at radius 1 is 1.00 bits per heavy atom. The molecule has 0 radical (unpaired) electrons. The molecule has 0 aromatic heterocycles. The summed E-state index contributed by atoms with van der Waals surface area (Å²) in [5.74, 6) is -4.74. The molecule has 24 heavy (non-hydrogen) atoms. The lowest BCUT2D eigenvalue weighted by Crippen LogP contribution is -3.08. The average Bonchev–Trinajstić information content (AvgIpc) is 2.56. The molecule has 0 spiro atoms. The number of quaternary nitrogens is 1. The van der Waals surface area contributed by atoms with Gasteiger partial charge in [-0.3, -0.25) is 4.79 Å². The third kappa shape index (κ3) is 4.58. The fourth-order valence-corrected chi connectivity index (χ4v) is 2.39. The van der Waals surface area contributed by atoms with Crippen molar-refractivity contribution in [2.75, 3.05) is 18.9 Å². The summed E-state index contributed by atoms with van der Waals surface area (Å²) in [6, 6.07) is 9.88. The normalized spacial score (nSPS) is 12.0. The molecule has 1 amide bonds. The van der Waals surface area contributed by atoms with E-state index in [9.17, 15) is 18.0 Å². The standard InChI is InChI=1S/C18H19F3N2O/c1-3-12-4-6-13(7-5-12)10-23(2)11-16(24)22-15-9-8-14(19)17(20)18(15)21/h4-9H,3,10-11H2,1-2H3,(H,22,24)/p+1. The van der Waals surface area contributed by atoms with Crippen LogP contribution in [0.4, 0.5) is 18.9 Å². The van der Waals surface area contributed by atoms with E-state index in [2.05, 4.69) is 12.2 Å². The van der Waals surface area contributed by atoms with Gasteiger partial charge in [0.25, 0.3) is 5.91 Å². The van der Waals surface area contributed by atoms with Gasteiger partial charge in [-0.05, 0) is 24.1 Å². The molecule has 0 aliphatic rings. The molecule has 3 nitrogen and oxygen atoms in total. The zero-order chi connectivity index (χ0) is 17.7. The first-order valence-electron chi connectivity index (χ1n) is 7.73. The SMILES string of the molecule is CCc1ccc(C[NH+](C)CC(=O)Nc2ccc(F)c(F)c2F)cc1. The molecule has 2 aromatic carbocycles. The van der Waals surface area contributed by atoms with Gasteiger partial charge in [0, 0.05) is 5.56 Å². The highest BCUT2D eigenvalue weighted by Gasteiger charge is 2.17. The van der Waals surface area contributed by atoms with E-state index < -0.39 is 23.4 Å². The van der Waals surface area contributed by atoms with Crippen molar-refractivity contribution in [2.45, 2.75) is 19.9 Å². The second-order valence-corrected chi connectivity index (χ2v) is 5.75. The number of anilines is 1. The van der Waals surface area contributed by atoms with Gasteiger partial charge in [0.15, 0.2) is 24.0 Å². The molecule has 0 bridgehead atoms. The Kier molecular flexibility index (Phi) is 5.98. The lowest BCUT2D eigenvalue weighted by Gasteiger charge is -2.14. The Labute approximate surface area is 139 Å². The highest BCUT2D eigenvalue weighted by molar-refractivity contribution is 5.91. The first-order valence-corrected chi connectivity index (χ1v) is 7.73. The van der Waals surface area contributed by atoms with E-state index in [0.29, 0.717) is 6.54 Å². The van der Waals surface area contributed by atoms with E-state index in [1.807, 2.05) is 31.3 Å². The molecule has 128 valence electrons. The molecule has 6 heteroatoms. The quantitative estimate of drug-likeness (QED) is 0.780. The van der Waals surface area contributed by atoms with Crippen LogP contribution in [0, 0.1) is 17.5 Å². The summed E-state index contributed by atoms with van der Waals surface area (Å²) in [4.78, 5) is 12.8. The fourth-order valence-electron chi connectivity index (χ4n) is 2.39. The van der Waals surface area contributed by atoms with E-state index >= 15 is 0 Å². The van der Waals surface area contributed by atoms with Crippen LogP contribution in [-0.2, 0) is 17.8 Å². The lowest BCUT2D eigenvalue weighted by atomic mass is 10.1. The largest absolute Gasteiger partial charge is 0.326 e. The van der Waals surface area contributed by atoms with E-state index in [-0.39, 0.29) is 12.2 Å². The number of hydrogen-bond donors (Lipinski definition) is 2. The van der Waals surface area contributed by atoms with Crippen LogP contribution in [0.1, 0.15) is 18.1 Å². The number of carbonyl (C=O) groups excluding carboxylic acids is 1. The molecule has 1 unspecified atom stereocenters. The number of halogens is 3. The van der Waals surface area contributed by atoms with Gasteiger partial charge in [-0.25, -0.2) is 13.2 Å². The number of benzene rings is 2. The molecule has 0 fully saturated rings. The van der Waals surface area contributed by atoms with Gasteiger partial charge < -0.3 is 10.2 Å². The van der Waals surface area contributed by atoms with Crippen LogP contribution >= 0.6 is 0 Å². The molecular weight excluding hydrogens is 317 g/mol. The van der Waals surface area contributed by atoms with Crippen LogP contribution in [0.3, 0.4) is 0 Å². The topological polar surface area (TPSA) is 33.5 Å². The van der Waals surface area contributed by atoms with Crippen LogP contribution in [0.15, 0.2) is 36.4 Å². The van der Waals surface area contributed by atoms with Gasteiger partial charge in [-0.1, -0.05) is 31.2 Å². The van der Waals surface area contributed by atoms with Crippen molar-refractivity contribution < 1.29 is 22.9 Å². The molecule has 0 saturated heterocycles. The predicted octanol–water partition coefficient (Wildman–Crippen LogP) is 2.32. The second kappa shape index (κ2) is 7.97. The maximum atomic E-state index is 13.5. The van der Waals surface area contributed by atoms with Crippen LogP contribution in [0.25, 0.3) is 0 Å². The molecule has 0 aliphatic heterocycles. The monoisotopic (exact) mass is 337 g/mol. The van der Waals surface area contributed by atoms with Crippen LogP contribution in [0.5, 0.6) is 0 Å². The summed E-state index contributed by atoms with van der Waals surface area (Å²) < 4.78 is 39.6. The molecule has 0 saturated carbocycles. The van der Waals surface area contributed by atoms with E-state index in [1.165, 1.54) is 5.56 Å². The minimum Gasteiger partial charge on any atom is -0.326 e. The highest BCUT2D eigenvalue weighted by Crippen LogP contribution is 2.19. The number of hydrogen-bond acceptors (Lipinski definition) is 1. The van der Waals surface area contributed by atoms with E-state index in [0.717, 1.165) is 29.0 Å². The van der Waals surface area contributed by atoms with Crippen molar-refractivity contribution in [1.82, 2.24) is 0 Å². The van der Waals surface area contributed by atoms with Gasteiger partial charge in [0.1, 0.15) is 6.54 Å². The Bertz CT molecular complexity index is 717. The molecule has 0 heterocycles. The maximum absolute atomic E-state index is 13.5. The molecule has 2 rings (SSSR count). The third-order valence-corrected chi connectivity index (χ3v) is 3.71. The summed E-state index contributed by atoms with van der Waals surface area (Å²) in [6.07, 6.45) is 0.963. The van der Waals surface area contributed by atoms with Crippen molar-refractivity contribution in [2.24, 2.45) is 0 Å². The first kappa shape index (κ1) is 18.0. The lowest BCUT2D eigenvalue weighted by molar-refractivity contribution is -0.885. The Morgan fingerprint density at radius 3 is 2.25 bits per heavy atom. The van der Waals surface area contributed by atoms with E-state index in [4.69, 9.17) is 0 Å². The van der Waals surface area contributed by atoms with Crippen LogP contribution in [-0.4, -0.2) is 19.5 Å². The zero-order valence-corrected chi connectivity index (χ0v) is 13.6. The van der Waals surface area contributed by atoms with Crippen molar-refractivity contribution in [3.05, 3.63) is 65.0 Å². The number of rotatable bonds is 6. The Hall–Kier alpha value is -2.34. The fraction of sp³-hybridized carbons (Fsp3) is 0.278. The van der Waals surface area contributed by atoms with E-state index in [1.54, 1.807) is 0 Å². The smallest absolute Gasteiger partial charge is 0.279 e. The molecular formula is C18H20F3N2O+. The number of aryl methyl sites for hydroxylation is 1. The minimum atomic E-state index is -1.59. The van der Waals surface area contributed by atoms with Crippen molar-refractivity contribution in [3.8, 4) is 0 Å². The summed E-state index contributed by atoms with van der Waals surface area (Å²) in [5, 5.41) is 2.27. The summed E-state index contributed by atoms with van der Waals surface area (Å²) in [5.41, 5.74) is 1.96. The number of carbonyl (C=O) groups is 1. The van der Waals surface area contributed by atoms with Crippen LogP contribution < -0.4 is 10.2 Å². The number of likely N-dealkylation sites (N-methyl/N-ethyl adjacent to an activating group) is 1. The zero-order valence-electron chi connectivity index (χ0n) is 13.6. The van der Waals surface area contributed by atoms with Crippen molar-refractivity contribution in [3.63, 3.8) is 0 Å². The molecule has 0 aliphatic carbocycles. The predicted molar refractivity (Wildman–Crippen MR) is 86.2 cm³/mol. The van der Waals surface area contributed by atoms with Gasteiger partial charge >= 0.3 is 0 Å². The van der Waals surface area contributed by atoms with Crippen molar-refractivity contribution in [1.29, 1.82) is 0 Å². The third-order valence-electron chi connectivity index (χ3n) is 3.71. The summed E-state index contributed by atoms with van der Waals surface area (Å²) in [6.45, 7) is 2.78. The van der Waals surface area contributed by atoms with Crippen LogP contribution in [0.2, 0.25) is 0 Å². The summed E-state index contributed by atoms with van der Waals surface area (Å²) >= 11 is 0. The van der Waals surface area contributed by atoms with Gasteiger partial charge in [-0.2, -0.15) is 0 Å². The van der Waals surface area contributed by atoms with Gasteiger partial charge in [0.2, 0.25) is 0 Å². The molecule has 2 N–H and O–H groups in total. The molecule has 1 atom stereocenters. The van der Waals surface area contributed by atoms with Gasteiger partial charge in [-0.15, -0.1) is 0 Å².